The third kappa shape index (κ3) is 3.76. The van der Waals surface area contributed by atoms with Crippen molar-refractivity contribution in [3.05, 3.63) is 34.1 Å². The van der Waals surface area contributed by atoms with Crippen molar-refractivity contribution in [2.45, 2.75) is 53.2 Å². The third-order valence-corrected chi connectivity index (χ3v) is 4.70. The van der Waals surface area contributed by atoms with Crippen LogP contribution in [0.2, 0.25) is 5.15 Å². The number of amides is 1. The second kappa shape index (κ2) is 7.39. The third-order valence-electron chi connectivity index (χ3n) is 4.31. The topological polar surface area (TPSA) is 68.8 Å². The molecule has 8 heteroatoms. The predicted molar refractivity (Wildman–Crippen MR) is 96.1 cm³/mol. The van der Waals surface area contributed by atoms with Gasteiger partial charge < -0.3 is 4.90 Å². The summed E-state index contributed by atoms with van der Waals surface area (Å²) in [6, 6.07) is 0. The van der Waals surface area contributed by atoms with Crippen molar-refractivity contribution >= 4 is 23.6 Å². The Balaban J connectivity index is 1.70. The number of fused-ring (bicyclic) bond motifs is 1. The molecule has 2 aromatic heterocycles. The fourth-order valence-corrected chi connectivity index (χ4v) is 3.24. The molecule has 0 fully saturated rings. The Hall–Kier alpha value is -2.15. The van der Waals surface area contributed by atoms with E-state index >= 15 is 0 Å². The van der Waals surface area contributed by atoms with Crippen molar-refractivity contribution < 1.29 is 4.79 Å². The molecule has 134 valence electrons. The second-order valence-electron chi connectivity index (χ2n) is 6.26. The molecule has 7 nitrogen and oxygen atoms in total. The SMILES string of the molecule is CCCCn1nc(C)c(C=CC(=O)N2CCn3nc(C)nc3C2)c1Cl. The number of unbranched alkanes of at least 4 members (excludes halogenated alkanes) is 1. The van der Waals surface area contributed by atoms with Gasteiger partial charge in [-0.2, -0.15) is 10.2 Å². The quantitative estimate of drug-likeness (QED) is 0.767. The van der Waals surface area contributed by atoms with Gasteiger partial charge in [0.25, 0.3) is 0 Å². The van der Waals surface area contributed by atoms with E-state index in [4.69, 9.17) is 11.6 Å². The van der Waals surface area contributed by atoms with Gasteiger partial charge in [0.15, 0.2) is 0 Å². The van der Waals surface area contributed by atoms with Crippen LogP contribution in [-0.2, 0) is 24.4 Å². The number of carbonyl (C=O) groups excluding carboxylic acids is 1. The highest BCUT2D eigenvalue weighted by atomic mass is 35.5. The molecule has 0 saturated carbocycles. The van der Waals surface area contributed by atoms with Crippen LogP contribution < -0.4 is 0 Å². The average molecular weight is 363 g/mol. The molecule has 3 heterocycles. The van der Waals surface area contributed by atoms with Crippen molar-refractivity contribution in [3.63, 3.8) is 0 Å². The zero-order valence-corrected chi connectivity index (χ0v) is 15.6. The van der Waals surface area contributed by atoms with E-state index < -0.39 is 0 Å². The Bertz CT molecular complexity index is 806. The maximum atomic E-state index is 12.5. The normalized spacial score (nSPS) is 14.3. The van der Waals surface area contributed by atoms with Gasteiger partial charge in [-0.15, -0.1) is 0 Å². The van der Waals surface area contributed by atoms with Crippen LogP contribution in [0, 0.1) is 13.8 Å². The second-order valence-corrected chi connectivity index (χ2v) is 6.62. The Labute approximate surface area is 152 Å². The van der Waals surface area contributed by atoms with E-state index in [0.29, 0.717) is 24.8 Å². The lowest BCUT2D eigenvalue weighted by Gasteiger charge is -2.25. The van der Waals surface area contributed by atoms with Gasteiger partial charge in [-0.05, 0) is 26.3 Å². The van der Waals surface area contributed by atoms with Crippen LogP contribution in [-0.4, -0.2) is 41.9 Å². The van der Waals surface area contributed by atoms with Crippen LogP contribution in [0.1, 0.15) is 42.7 Å². The van der Waals surface area contributed by atoms with E-state index in [1.807, 2.05) is 18.5 Å². The molecule has 0 aromatic carbocycles. The predicted octanol–water partition coefficient (Wildman–Crippen LogP) is 2.60. The minimum atomic E-state index is -0.0522. The lowest BCUT2D eigenvalue weighted by atomic mass is 10.2. The summed E-state index contributed by atoms with van der Waals surface area (Å²) in [5.41, 5.74) is 1.64. The van der Waals surface area contributed by atoms with E-state index in [2.05, 4.69) is 22.1 Å². The molecule has 1 aliphatic rings. The smallest absolute Gasteiger partial charge is 0.247 e. The van der Waals surface area contributed by atoms with Gasteiger partial charge in [-0.25, -0.2) is 9.67 Å². The molecule has 3 rings (SSSR count). The molecule has 0 atom stereocenters. The highest BCUT2D eigenvalue weighted by molar-refractivity contribution is 6.31. The van der Waals surface area contributed by atoms with Crippen molar-refractivity contribution in [2.75, 3.05) is 6.54 Å². The average Bonchev–Trinajstić information content (AvgIpc) is 3.09. The molecule has 0 spiro atoms. The van der Waals surface area contributed by atoms with Crippen LogP contribution in [0.25, 0.3) is 6.08 Å². The van der Waals surface area contributed by atoms with E-state index in [-0.39, 0.29) is 5.91 Å². The zero-order valence-electron chi connectivity index (χ0n) is 14.9. The monoisotopic (exact) mass is 362 g/mol. The molecule has 25 heavy (non-hydrogen) atoms. The van der Waals surface area contributed by atoms with Gasteiger partial charge in [0.1, 0.15) is 16.8 Å². The van der Waals surface area contributed by atoms with Crippen molar-refractivity contribution in [2.24, 2.45) is 0 Å². The van der Waals surface area contributed by atoms with Gasteiger partial charge in [0, 0.05) is 24.7 Å². The summed E-state index contributed by atoms with van der Waals surface area (Å²) in [6.07, 6.45) is 5.44. The number of aromatic nitrogens is 5. The number of hydrogen-bond acceptors (Lipinski definition) is 4. The number of hydrogen-bond donors (Lipinski definition) is 0. The first-order valence-electron chi connectivity index (χ1n) is 8.59. The van der Waals surface area contributed by atoms with Crippen LogP contribution in [0.15, 0.2) is 6.08 Å². The van der Waals surface area contributed by atoms with Crippen molar-refractivity contribution in [1.29, 1.82) is 0 Å². The molecule has 0 unspecified atom stereocenters. The number of aryl methyl sites for hydroxylation is 3. The molecule has 0 N–H and O–H groups in total. The molecule has 0 bridgehead atoms. The van der Waals surface area contributed by atoms with E-state index in [1.54, 1.807) is 21.7 Å². The first-order valence-corrected chi connectivity index (χ1v) is 8.97. The fourth-order valence-electron chi connectivity index (χ4n) is 2.92. The van der Waals surface area contributed by atoms with Crippen LogP contribution in [0.5, 0.6) is 0 Å². The lowest BCUT2D eigenvalue weighted by molar-refractivity contribution is -0.127. The standard InChI is InChI=1S/C17H23ClN6O/c1-4-5-8-24-17(18)14(12(2)20-24)6-7-16(25)22-9-10-23-15(11-22)19-13(3)21-23/h6-7H,4-5,8-11H2,1-3H3. The van der Waals surface area contributed by atoms with Gasteiger partial charge in [-0.3, -0.25) is 9.48 Å². The first kappa shape index (κ1) is 17.7. The van der Waals surface area contributed by atoms with E-state index in [0.717, 1.165) is 42.3 Å². The van der Waals surface area contributed by atoms with Gasteiger partial charge in [-0.1, -0.05) is 24.9 Å². The molecule has 0 saturated heterocycles. The molecule has 2 aromatic rings. The molecular weight excluding hydrogens is 340 g/mol. The molecule has 1 aliphatic heterocycles. The van der Waals surface area contributed by atoms with Crippen LogP contribution in [0.4, 0.5) is 0 Å². The Morgan fingerprint density at radius 1 is 1.28 bits per heavy atom. The summed E-state index contributed by atoms with van der Waals surface area (Å²) in [4.78, 5) is 18.6. The number of rotatable bonds is 5. The minimum absolute atomic E-state index is 0.0522. The van der Waals surface area contributed by atoms with Gasteiger partial charge in [0.2, 0.25) is 5.91 Å². The van der Waals surface area contributed by atoms with Crippen LogP contribution >= 0.6 is 11.6 Å². The summed E-state index contributed by atoms with van der Waals surface area (Å²) in [7, 11) is 0. The Morgan fingerprint density at radius 3 is 2.84 bits per heavy atom. The molecule has 0 radical (unpaired) electrons. The van der Waals surface area contributed by atoms with Crippen molar-refractivity contribution in [3.8, 4) is 0 Å². The Kier molecular flexibility index (Phi) is 5.22. The highest BCUT2D eigenvalue weighted by Gasteiger charge is 2.21. The number of nitrogens with zero attached hydrogens (tertiary/aromatic N) is 6. The maximum Gasteiger partial charge on any atom is 0.247 e. The fraction of sp³-hybridized carbons (Fsp3) is 0.529. The summed E-state index contributed by atoms with van der Waals surface area (Å²) in [5, 5.41) is 9.35. The van der Waals surface area contributed by atoms with Crippen molar-refractivity contribution in [1.82, 2.24) is 29.4 Å². The van der Waals surface area contributed by atoms with Crippen LogP contribution in [0.3, 0.4) is 0 Å². The largest absolute Gasteiger partial charge is 0.330 e. The van der Waals surface area contributed by atoms with Gasteiger partial charge in [0.05, 0.1) is 18.8 Å². The summed E-state index contributed by atoms with van der Waals surface area (Å²) in [5.74, 6) is 1.51. The maximum absolute atomic E-state index is 12.5. The van der Waals surface area contributed by atoms with E-state index in [9.17, 15) is 4.79 Å². The Morgan fingerprint density at radius 2 is 2.08 bits per heavy atom. The minimum Gasteiger partial charge on any atom is -0.330 e. The number of carbonyl (C=O) groups is 1. The van der Waals surface area contributed by atoms with Gasteiger partial charge >= 0.3 is 0 Å². The molecular formula is C17H23ClN6O. The molecule has 1 amide bonds. The van der Waals surface area contributed by atoms with E-state index in [1.165, 1.54) is 0 Å². The summed E-state index contributed by atoms with van der Waals surface area (Å²) >= 11 is 6.41. The number of halogens is 1. The lowest BCUT2D eigenvalue weighted by Crippen LogP contribution is -2.37. The summed E-state index contributed by atoms with van der Waals surface area (Å²) < 4.78 is 3.66. The highest BCUT2D eigenvalue weighted by Crippen LogP contribution is 2.22. The zero-order chi connectivity index (χ0) is 18.0. The first-order chi connectivity index (χ1) is 12.0. The molecule has 0 aliphatic carbocycles. The summed E-state index contributed by atoms with van der Waals surface area (Å²) in [6.45, 7) is 8.46.